The molecule has 0 fully saturated rings. The van der Waals surface area contributed by atoms with E-state index in [2.05, 4.69) is 29.6 Å². The van der Waals surface area contributed by atoms with Gasteiger partial charge in [-0.3, -0.25) is 9.59 Å². The Balaban J connectivity index is 1.93. The second-order valence-corrected chi connectivity index (χ2v) is 8.66. The van der Waals surface area contributed by atoms with Gasteiger partial charge < -0.3 is 15.0 Å². The number of methoxy groups -OCH3 is 1. The first-order chi connectivity index (χ1) is 17.1. The first-order valence-electron chi connectivity index (χ1n) is 12.4. The predicted octanol–water partition coefficient (Wildman–Crippen LogP) is 5.55. The van der Waals surface area contributed by atoms with E-state index in [1.807, 2.05) is 74.5 Å². The summed E-state index contributed by atoms with van der Waals surface area (Å²) in [5.74, 6) is 0.510. The van der Waals surface area contributed by atoms with E-state index in [4.69, 9.17) is 4.74 Å². The van der Waals surface area contributed by atoms with Crippen LogP contribution in [0, 0.1) is 0 Å². The number of benzene rings is 3. The summed E-state index contributed by atoms with van der Waals surface area (Å²) in [5, 5.41) is 2.99. The highest BCUT2D eigenvalue weighted by Gasteiger charge is 2.30. The van der Waals surface area contributed by atoms with Crippen molar-refractivity contribution in [1.29, 1.82) is 0 Å². The van der Waals surface area contributed by atoms with Gasteiger partial charge in [-0.05, 0) is 41.7 Å². The van der Waals surface area contributed by atoms with Crippen molar-refractivity contribution in [3.8, 4) is 5.75 Å². The highest BCUT2D eigenvalue weighted by Crippen LogP contribution is 2.29. The van der Waals surface area contributed by atoms with Crippen molar-refractivity contribution in [2.24, 2.45) is 0 Å². The average Bonchev–Trinajstić information content (AvgIpc) is 2.91. The van der Waals surface area contributed by atoms with Crippen molar-refractivity contribution in [3.63, 3.8) is 0 Å². The van der Waals surface area contributed by atoms with Gasteiger partial charge in [-0.1, -0.05) is 86.6 Å². The van der Waals surface area contributed by atoms with Gasteiger partial charge in [-0.15, -0.1) is 0 Å². The summed E-state index contributed by atoms with van der Waals surface area (Å²) in [6, 6.07) is 27.3. The lowest BCUT2D eigenvalue weighted by atomic mass is 9.88. The summed E-state index contributed by atoms with van der Waals surface area (Å²) in [4.78, 5) is 28.7. The lowest BCUT2D eigenvalue weighted by Gasteiger charge is -2.32. The lowest BCUT2D eigenvalue weighted by Crippen LogP contribution is -2.49. The fraction of sp³-hybridized carbons (Fsp3) is 0.333. The topological polar surface area (TPSA) is 58.6 Å². The van der Waals surface area contributed by atoms with Gasteiger partial charge in [0, 0.05) is 25.4 Å². The van der Waals surface area contributed by atoms with Crippen LogP contribution in [0.1, 0.15) is 55.7 Å². The Morgan fingerprint density at radius 2 is 1.43 bits per heavy atom. The quantitative estimate of drug-likeness (QED) is 0.376. The minimum absolute atomic E-state index is 0.0444. The molecule has 3 aromatic rings. The van der Waals surface area contributed by atoms with Crippen LogP contribution in [0.2, 0.25) is 0 Å². The van der Waals surface area contributed by atoms with E-state index in [0.717, 1.165) is 28.9 Å². The number of nitrogens with zero attached hydrogens (tertiary/aromatic N) is 1. The normalized spacial score (nSPS) is 11.7. The molecule has 5 nitrogen and oxygen atoms in total. The fourth-order valence-electron chi connectivity index (χ4n) is 4.30. The van der Waals surface area contributed by atoms with Gasteiger partial charge in [0.25, 0.3) is 0 Å². The van der Waals surface area contributed by atoms with Crippen LogP contribution in [0.3, 0.4) is 0 Å². The van der Waals surface area contributed by atoms with Crippen LogP contribution in [-0.2, 0) is 16.1 Å². The van der Waals surface area contributed by atoms with Crippen molar-refractivity contribution in [2.75, 3.05) is 13.7 Å². The Kier molecular flexibility index (Phi) is 9.91. The van der Waals surface area contributed by atoms with E-state index in [1.54, 1.807) is 12.0 Å². The standard InChI is InChI=1S/C30H36N2O3/c1-4-20-31-30(34)28(5-2)32(22-23-16-18-26(35-3)19-17-23)29(33)21-27(24-12-8-6-9-13-24)25-14-10-7-11-15-25/h6-19,27-28H,4-5,20-22H2,1-3H3,(H,31,34). The highest BCUT2D eigenvalue weighted by molar-refractivity contribution is 5.88. The number of nitrogens with one attached hydrogen (secondary N) is 1. The third-order valence-electron chi connectivity index (χ3n) is 6.23. The van der Waals surface area contributed by atoms with Crippen molar-refractivity contribution >= 4 is 11.8 Å². The molecule has 0 radical (unpaired) electrons. The predicted molar refractivity (Wildman–Crippen MR) is 140 cm³/mol. The maximum atomic E-state index is 13.9. The molecule has 35 heavy (non-hydrogen) atoms. The van der Waals surface area contributed by atoms with Crippen LogP contribution in [-0.4, -0.2) is 36.4 Å². The molecule has 184 valence electrons. The minimum Gasteiger partial charge on any atom is -0.497 e. The van der Waals surface area contributed by atoms with E-state index in [9.17, 15) is 9.59 Å². The first kappa shape index (κ1) is 26.0. The van der Waals surface area contributed by atoms with Gasteiger partial charge in [0.1, 0.15) is 11.8 Å². The molecule has 2 amide bonds. The molecule has 1 atom stereocenters. The Morgan fingerprint density at radius 3 is 1.91 bits per heavy atom. The number of rotatable bonds is 12. The molecule has 0 spiro atoms. The number of hydrogen-bond acceptors (Lipinski definition) is 3. The molecule has 3 rings (SSSR count). The summed E-state index contributed by atoms with van der Waals surface area (Å²) < 4.78 is 5.28. The largest absolute Gasteiger partial charge is 0.497 e. The monoisotopic (exact) mass is 472 g/mol. The number of hydrogen-bond donors (Lipinski definition) is 1. The molecule has 0 heterocycles. The second kappa shape index (κ2) is 13.3. The smallest absolute Gasteiger partial charge is 0.242 e. The van der Waals surface area contributed by atoms with Crippen LogP contribution in [0.5, 0.6) is 5.75 Å². The zero-order chi connectivity index (χ0) is 25.0. The Hall–Kier alpha value is -3.60. The maximum absolute atomic E-state index is 13.9. The number of ether oxygens (including phenoxy) is 1. The molecule has 0 aliphatic rings. The van der Waals surface area contributed by atoms with E-state index in [0.29, 0.717) is 19.5 Å². The molecule has 0 aliphatic heterocycles. The van der Waals surface area contributed by atoms with Crippen LogP contribution in [0.25, 0.3) is 0 Å². The van der Waals surface area contributed by atoms with Crippen LogP contribution < -0.4 is 10.1 Å². The minimum atomic E-state index is -0.539. The number of carbonyl (C=O) groups excluding carboxylic acids is 2. The molecule has 5 heteroatoms. The first-order valence-corrected chi connectivity index (χ1v) is 12.4. The van der Waals surface area contributed by atoms with Gasteiger partial charge in [-0.25, -0.2) is 0 Å². The van der Waals surface area contributed by atoms with E-state index in [-0.39, 0.29) is 24.2 Å². The molecule has 0 saturated heterocycles. The molecule has 1 N–H and O–H groups in total. The van der Waals surface area contributed by atoms with Crippen LogP contribution in [0.4, 0.5) is 0 Å². The fourth-order valence-corrected chi connectivity index (χ4v) is 4.30. The molecule has 0 saturated carbocycles. The second-order valence-electron chi connectivity index (χ2n) is 8.66. The molecule has 0 bridgehead atoms. The third-order valence-corrected chi connectivity index (χ3v) is 6.23. The van der Waals surface area contributed by atoms with Gasteiger partial charge in [0.15, 0.2) is 0 Å². The highest BCUT2D eigenvalue weighted by atomic mass is 16.5. The Bertz CT molecular complexity index is 1010. The average molecular weight is 473 g/mol. The van der Waals surface area contributed by atoms with Crippen molar-refractivity contribution in [3.05, 3.63) is 102 Å². The summed E-state index contributed by atoms with van der Waals surface area (Å²) >= 11 is 0. The maximum Gasteiger partial charge on any atom is 0.242 e. The van der Waals surface area contributed by atoms with Crippen molar-refractivity contribution in [1.82, 2.24) is 10.2 Å². The Labute approximate surface area is 209 Å². The summed E-state index contributed by atoms with van der Waals surface area (Å²) in [7, 11) is 1.63. The van der Waals surface area contributed by atoms with E-state index < -0.39 is 6.04 Å². The summed E-state index contributed by atoms with van der Waals surface area (Å²) in [6.07, 6.45) is 1.67. The van der Waals surface area contributed by atoms with Gasteiger partial charge in [0.2, 0.25) is 11.8 Å². The number of carbonyl (C=O) groups is 2. The van der Waals surface area contributed by atoms with Crippen molar-refractivity contribution in [2.45, 2.75) is 51.6 Å². The molecule has 0 aliphatic carbocycles. The molecule has 1 unspecified atom stereocenters. The van der Waals surface area contributed by atoms with Crippen LogP contribution >= 0.6 is 0 Å². The van der Waals surface area contributed by atoms with Crippen molar-refractivity contribution < 1.29 is 14.3 Å². The Morgan fingerprint density at radius 1 is 0.857 bits per heavy atom. The zero-order valence-corrected chi connectivity index (χ0v) is 20.9. The van der Waals surface area contributed by atoms with Gasteiger partial charge in [-0.2, -0.15) is 0 Å². The van der Waals surface area contributed by atoms with E-state index >= 15 is 0 Å². The molecule has 0 aromatic heterocycles. The SMILES string of the molecule is CCCNC(=O)C(CC)N(Cc1ccc(OC)cc1)C(=O)CC(c1ccccc1)c1ccccc1. The number of amides is 2. The zero-order valence-electron chi connectivity index (χ0n) is 20.9. The van der Waals surface area contributed by atoms with E-state index in [1.165, 1.54) is 0 Å². The van der Waals surface area contributed by atoms with Crippen LogP contribution in [0.15, 0.2) is 84.9 Å². The summed E-state index contributed by atoms with van der Waals surface area (Å²) in [5.41, 5.74) is 3.12. The summed E-state index contributed by atoms with van der Waals surface area (Å²) in [6.45, 7) is 4.93. The third kappa shape index (κ3) is 7.19. The van der Waals surface area contributed by atoms with Gasteiger partial charge >= 0.3 is 0 Å². The van der Waals surface area contributed by atoms with Gasteiger partial charge in [0.05, 0.1) is 7.11 Å². The lowest BCUT2D eigenvalue weighted by molar-refractivity contribution is -0.141. The molecular formula is C30H36N2O3. The molecular weight excluding hydrogens is 436 g/mol. The molecule has 3 aromatic carbocycles.